The third kappa shape index (κ3) is 2.79. The van der Waals surface area contributed by atoms with Gasteiger partial charge in [0.05, 0.1) is 0 Å². The summed E-state index contributed by atoms with van der Waals surface area (Å²) in [6.45, 7) is 12.2. The van der Waals surface area contributed by atoms with E-state index in [4.69, 9.17) is 4.74 Å². The van der Waals surface area contributed by atoms with E-state index < -0.39 is 0 Å². The van der Waals surface area contributed by atoms with E-state index in [1.165, 1.54) is 17.5 Å². The Hall–Kier alpha value is -1.02. The van der Waals surface area contributed by atoms with Crippen LogP contribution in [0.25, 0.3) is 0 Å². The molecular formula is C17H27NO. The third-order valence-electron chi connectivity index (χ3n) is 4.49. The van der Waals surface area contributed by atoms with Crippen molar-refractivity contribution in [1.82, 2.24) is 5.32 Å². The lowest BCUT2D eigenvalue weighted by atomic mass is 9.64. The number of ether oxygens (including phenoxy) is 1. The van der Waals surface area contributed by atoms with Gasteiger partial charge in [-0.1, -0.05) is 39.0 Å². The van der Waals surface area contributed by atoms with Crippen LogP contribution in [0.4, 0.5) is 0 Å². The number of rotatable bonds is 5. The fourth-order valence-electron chi connectivity index (χ4n) is 2.88. The van der Waals surface area contributed by atoms with Crippen LogP contribution in [0.3, 0.4) is 0 Å². The van der Waals surface area contributed by atoms with Crippen LogP contribution in [0.5, 0.6) is 5.75 Å². The van der Waals surface area contributed by atoms with Gasteiger partial charge in [0.25, 0.3) is 0 Å². The van der Waals surface area contributed by atoms with Gasteiger partial charge >= 0.3 is 0 Å². The zero-order chi connectivity index (χ0) is 14.0. The second-order valence-electron chi connectivity index (χ2n) is 6.39. The highest BCUT2D eigenvalue weighted by Gasteiger charge is 2.49. The maximum Gasteiger partial charge on any atom is 0.125 e. The number of para-hydroxylation sites is 1. The van der Waals surface area contributed by atoms with Crippen molar-refractivity contribution in [3.63, 3.8) is 0 Å². The molecule has 1 fully saturated rings. The molecule has 2 atom stereocenters. The average Bonchev–Trinajstić information content (AvgIpc) is 2.35. The molecule has 0 aliphatic heterocycles. The van der Waals surface area contributed by atoms with E-state index >= 15 is 0 Å². The Balaban J connectivity index is 2.02. The fourth-order valence-corrected chi connectivity index (χ4v) is 2.88. The molecule has 0 amide bonds. The predicted octanol–water partition coefficient (Wildman–Crippen LogP) is 3.85. The second-order valence-corrected chi connectivity index (χ2v) is 6.39. The van der Waals surface area contributed by atoms with Gasteiger partial charge in [-0.3, -0.25) is 0 Å². The number of nitrogens with one attached hydrogen (secondary N) is 1. The van der Waals surface area contributed by atoms with Gasteiger partial charge < -0.3 is 10.1 Å². The SMILES string of the molecule is CCCNC1CC(Oc2c(C)cccc2C)C1(C)C. The molecule has 1 aromatic rings. The van der Waals surface area contributed by atoms with E-state index in [9.17, 15) is 0 Å². The van der Waals surface area contributed by atoms with E-state index in [0.29, 0.717) is 12.1 Å². The normalized spacial score (nSPS) is 24.9. The minimum Gasteiger partial charge on any atom is -0.489 e. The molecule has 2 rings (SSSR count). The Bertz CT molecular complexity index is 419. The standard InChI is InChI=1S/C17H27NO/c1-6-10-18-14-11-15(17(14,4)5)19-16-12(2)8-7-9-13(16)3/h7-9,14-15,18H,6,10-11H2,1-5H3. The predicted molar refractivity (Wildman–Crippen MR) is 80.8 cm³/mol. The van der Waals surface area contributed by atoms with E-state index in [-0.39, 0.29) is 5.41 Å². The molecule has 1 aliphatic rings. The van der Waals surface area contributed by atoms with Crippen molar-refractivity contribution in [3.8, 4) is 5.75 Å². The van der Waals surface area contributed by atoms with Crippen molar-refractivity contribution in [2.75, 3.05) is 6.54 Å². The molecule has 0 spiro atoms. The van der Waals surface area contributed by atoms with Gasteiger partial charge in [0.15, 0.2) is 0 Å². The van der Waals surface area contributed by atoms with E-state index in [0.717, 1.165) is 18.7 Å². The first kappa shape index (κ1) is 14.4. The second kappa shape index (κ2) is 5.54. The summed E-state index contributed by atoms with van der Waals surface area (Å²) in [5, 5.41) is 3.62. The Morgan fingerprint density at radius 2 is 1.89 bits per heavy atom. The number of aryl methyl sites for hydroxylation is 2. The Kier molecular flexibility index (Phi) is 4.19. The Morgan fingerprint density at radius 1 is 1.26 bits per heavy atom. The highest BCUT2D eigenvalue weighted by Crippen LogP contribution is 2.44. The molecule has 1 aliphatic carbocycles. The topological polar surface area (TPSA) is 21.3 Å². The zero-order valence-electron chi connectivity index (χ0n) is 12.9. The zero-order valence-corrected chi connectivity index (χ0v) is 12.9. The lowest BCUT2D eigenvalue weighted by Gasteiger charge is -2.52. The summed E-state index contributed by atoms with van der Waals surface area (Å²) in [7, 11) is 0. The van der Waals surface area contributed by atoms with Crippen LogP contribution in [0, 0.1) is 19.3 Å². The smallest absolute Gasteiger partial charge is 0.125 e. The van der Waals surface area contributed by atoms with E-state index in [1.807, 2.05) is 0 Å². The van der Waals surface area contributed by atoms with Crippen LogP contribution >= 0.6 is 0 Å². The maximum atomic E-state index is 6.30. The largest absolute Gasteiger partial charge is 0.489 e. The molecule has 106 valence electrons. The minimum atomic E-state index is 0.212. The van der Waals surface area contributed by atoms with Crippen LogP contribution in [0.1, 0.15) is 44.7 Å². The summed E-state index contributed by atoms with van der Waals surface area (Å²) in [5.74, 6) is 1.08. The molecule has 1 N–H and O–H groups in total. The molecule has 1 aromatic carbocycles. The molecule has 2 heteroatoms. The maximum absolute atomic E-state index is 6.30. The van der Waals surface area contributed by atoms with Crippen molar-refractivity contribution >= 4 is 0 Å². The van der Waals surface area contributed by atoms with Gasteiger partial charge in [0, 0.05) is 17.9 Å². The lowest BCUT2D eigenvalue weighted by molar-refractivity contribution is -0.0552. The molecular weight excluding hydrogens is 234 g/mol. The van der Waals surface area contributed by atoms with Crippen molar-refractivity contribution in [2.24, 2.45) is 5.41 Å². The summed E-state index contributed by atoms with van der Waals surface area (Å²) in [5.41, 5.74) is 2.69. The fraction of sp³-hybridized carbons (Fsp3) is 0.647. The van der Waals surface area contributed by atoms with Crippen LogP contribution in [0.15, 0.2) is 18.2 Å². The monoisotopic (exact) mass is 261 g/mol. The third-order valence-corrected chi connectivity index (χ3v) is 4.49. The molecule has 0 radical (unpaired) electrons. The molecule has 1 saturated carbocycles. The summed E-state index contributed by atoms with van der Waals surface area (Å²) < 4.78 is 6.30. The van der Waals surface area contributed by atoms with Crippen molar-refractivity contribution < 1.29 is 4.74 Å². The molecule has 0 aromatic heterocycles. The molecule has 2 unspecified atom stereocenters. The minimum absolute atomic E-state index is 0.212. The summed E-state index contributed by atoms with van der Waals surface area (Å²) in [4.78, 5) is 0. The van der Waals surface area contributed by atoms with Crippen LogP contribution in [-0.4, -0.2) is 18.7 Å². The summed E-state index contributed by atoms with van der Waals surface area (Å²) >= 11 is 0. The first-order valence-corrected chi connectivity index (χ1v) is 7.43. The van der Waals surface area contributed by atoms with Crippen LogP contribution < -0.4 is 10.1 Å². The van der Waals surface area contributed by atoms with Gasteiger partial charge in [0.2, 0.25) is 0 Å². The van der Waals surface area contributed by atoms with Crippen LogP contribution in [-0.2, 0) is 0 Å². The van der Waals surface area contributed by atoms with Crippen LogP contribution in [0.2, 0.25) is 0 Å². The van der Waals surface area contributed by atoms with E-state index in [2.05, 4.69) is 58.1 Å². The first-order chi connectivity index (χ1) is 8.96. The van der Waals surface area contributed by atoms with Gasteiger partial charge in [-0.2, -0.15) is 0 Å². The summed E-state index contributed by atoms with van der Waals surface area (Å²) in [6.07, 6.45) is 2.62. The molecule has 0 saturated heterocycles. The highest BCUT2D eigenvalue weighted by molar-refractivity contribution is 5.40. The van der Waals surface area contributed by atoms with Gasteiger partial charge in [0.1, 0.15) is 11.9 Å². The average molecular weight is 261 g/mol. The molecule has 0 bridgehead atoms. The van der Waals surface area contributed by atoms with E-state index in [1.54, 1.807) is 0 Å². The molecule has 2 nitrogen and oxygen atoms in total. The molecule has 19 heavy (non-hydrogen) atoms. The van der Waals surface area contributed by atoms with Gasteiger partial charge in [-0.05, 0) is 37.9 Å². The van der Waals surface area contributed by atoms with Crippen molar-refractivity contribution in [2.45, 2.75) is 59.6 Å². The Morgan fingerprint density at radius 3 is 2.42 bits per heavy atom. The lowest BCUT2D eigenvalue weighted by Crippen LogP contribution is -2.62. The number of benzene rings is 1. The first-order valence-electron chi connectivity index (χ1n) is 7.43. The van der Waals surface area contributed by atoms with Crippen molar-refractivity contribution in [1.29, 1.82) is 0 Å². The van der Waals surface area contributed by atoms with Gasteiger partial charge in [-0.25, -0.2) is 0 Å². The number of hydrogen-bond donors (Lipinski definition) is 1. The van der Waals surface area contributed by atoms with Crippen molar-refractivity contribution in [3.05, 3.63) is 29.3 Å². The quantitative estimate of drug-likeness (QED) is 0.869. The highest BCUT2D eigenvalue weighted by atomic mass is 16.5. The summed E-state index contributed by atoms with van der Waals surface area (Å²) in [6, 6.07) is 6.93. The Labute approximate surface area is 117 Å². The molecule has 0 heterocycles. The van der Waals surface area contributed by atoms with Gasteiger partial charge in [-0.15, -0.1) is 0 Å². The number of hydrogen-bond acceptors (Lipinski definition) is 2.